The van der Waals surface area contributed by atoms with Crippen molar-refractivity contribution in [2.45, 2.75) is 12.0 Å². The van der Waals surface area contributed by atoms with E-state index in [-0.39, 0.29) is 11.3 Å². The average molecular weight is 199 g/mol. The Kier molecular flexibility index (Phi) is 3.07. The minimum absolute atomic E-state index is 0.0477. The molecule has 78 valence electrons. The third-order valence-corrected chi connectivity index (χ3v) is 1.94. The normalized spacial score (nSPS) is 14.0. The second-order valence-electron chi connectivity index (χ2n) is 2.97. The van der Waals surface area contributed by atoms with Crippen molar-refractivity contribution in [2.75, 3.05) is 7.05 Å². The van der Waals surface area contributed by atoms with Gasteiger partial charge in [-0.15, -0.1) is 0 Å². The monoisotopic (exact) mass is 199 g/mol. The smallest absolute Gasteiger partial charge is 0.253 e. The fourth-order valence-corrected chi connectivity index (χ4v) is 1.06. The average Bonchev–Trinajstić information content (AvgIpc) is 2.16. The van der Waals surface area contributed by atoms with E-state index >= 15 is 0 Å². The summed E-state index contributed by atoms with van der Waals surface area (Å²) in [5.41, 5.74) is 0.212. The lowest BCUT2D eigenvalue weighted by atomic mass is 10.1. The number of rotatable bonds is 3. The predicted octanol–water partition coefficient (Wildman–Crippen LogP) is -0.717. The van der Waals surface area contributed by atoms with Crippen molar-refractivity contribution in [3.8, 4) is 5.75 Å². The summed E-state index contributed by atoms with van der Waals surface area (Å²) in [6.07, 6.45) is -1.53. The van der Waals surface area contributed by atoms with Gasteiger partial charge in [0.25, 0.3) is 5.91 Å². The van der Waals surface area contributed by atoms with E-state index in [1.165, 1.54) is 31.3 Å². The van der Waals surface area contributed by atoms with E-state index < -0.39 is 12.0 Å². The maximum absolute atomic E-state index is 9.50. The molecule has 0 unspecified atom stereocenters. The van der Waals surface area contributed by atoms with Crippen molar-refractivity contribution >= 4 is 0 Å². The molecule has 0 amide bonds. The summed E-state index contributed by atoms with van der Waals surface area (Å²) in [5.74, 6) is -2.46. The lowest BCUT2D eigenvalue weighted by Crippen LogP contribution is -2.48. The molecule has 0 radical (unpaired) electrons. The van der Waals surface area contributed by atoms with Gasteiger partial charge < -0.3 is 20.4 Å². The number of nitrogens with one attached hydrogen (secondary N) is 1. The van der Waals surface area contributed by atoms with Crippen LogP contribution >= 0.6 is 0 Å². The number of hydrogen-bond acceptors (Lipinski definition) is 5. The first-order chi connectivity index (χ1) is 6.47. The van der Waals surface area contributed by atoms with Crippen LogP contribution in [0.5, 0.6) is 5.75 Å². The summed E-state index contributed by atoms with van der Waals surface area (Å²) >= 11 is 0. The molecule has 0 aliphatic rings. The Hall–Kier alpha value is -1.14. The second-order valence-corrected chi connectivity index (χ2v) is 2.97. The second kappa shape index (κ2) is 3.93. The predicted molar refractivity (Wildman–Crippen MR) is 49.3 cm³/mol. The van der Waals surface area contributed by atoms with Gasteiger partial charge in [-0.3, -0.25) is 5.32 Å². The molecule has 0 spiro atoms. The highest BCUT2D eigenvalue weighted by Crippen LogP contribution is 2.24. The number of aromatic hydroxyl groups is 1. The van der Waals surface area contributed by atoms with Gasteiger partial charge >= 0.3 is 0 Å². The fourth-order valence-electron chi connectivity index (χ4n) is 1.06. The summed E-state index contributed by atoms with van der Waals surface area (Å²) in [6.45, 7) is 0. The van der Waals surface area contributed by atoms with E-state index in [2.05, 4.69) is 5.32 Å². The molecule has 0 aliphatic heterocycles. The molecule has 5 heteroatoms. The molecule has 5 N–H and O–H groups in total. The van der Waals surface area contributed by atoms with Crippen LogP contribution in [0.25, 0.3) is 0 Å². The summed E-state index contributed by atoms with van der Waals surface area (Å²) in [7, 11) is 1.30. The maximum atomic E-state index is 9.50. The summed E-state index contributed by atoms with van der Waals surface area (Å²) in [4.78, 5) is 0. The minimum atomic E-state index is -2.41. The molecule has 0 aromatic heterocycles. The Morgan fingerprint density at radius 3 is 2.50 bits per heavy atom. The van der Waals surface area contributed by atoms with Crippen LogP contribution in [0.2, 0.25) is 0 Å². The van der Waals surface area contributed by atoms with Crippen LogP contribution in [-0.4, -0.2) is 33.4 Å². The van der Waals surface area contributed by atoms with Gasteiger partial charge in [-0.2, -0.15) is 0 Å². The molecule has 0 fully saturated rings. The van der Waals surface area contributed by atoms with Gasteiger partial charge in [0.05, 0.1) is 0 Å². The first-order valence-corrected chi connectivity index (χ1v) is 4.08. The highest BCUT2D eigenvalue weighted by atomic mass is 16.5. The van der Waals surface area contributed by atoms with E-state index in [1.807, 2.05) is 0 Å². The first-order valence-electron chi connectivity index (χ1n) is 4.08. The molecule has 1 aromatic carbocycles. The zero-order valence-electron chi connectivity index (χ0n) is 7.68. The highest BCUT2D eigenvalue weighted by molar-refractivity contribution is 5.29. The van der Waals surface area contributed by atoms with Crippen molar-refractivity contribution in [1.82, 2.24) is 5.32 Å². The molecule has 0 saturated heterocycles. The fraction of sp³-hybridized carbons (Fsp3) is 0.333. The molecule has 0 bridgehead atoms. The van der Waals surface area contributed by atoms with E-state index in [4.69, 9.17) is 5.11 Å². The zero-order valence-corrected chi connectivity index (χ0v) is 7.68. The van der Waals surface area contributed by atoms with Crippen LogP contribution in [0.3, 0.4) is 0 Å². The molecule has 0 aliphatic carbocycles. The Morgan fingerprint density at radius 2 is 2.00 bits per heavy atom. The zero-order chi connectivity index (χ0) is 10.8. The Morgan fingerprint density at radius 1 is 1.36 bits per heavy atom. The Labute approximate surface area is 81.3 Å². The van der Waals surface area contributed by atoms with Gasteiger partial charge in [-0.25, -0.2) is 0 Å². The molecule has 14 heavy (non-hydrogen) atoms. The standard InChI is InChI=1S/C9H13NO4/c1-10-9(13,14)8(12)6-3-2-4-7(11)5-6/h2-5,8,10-14H,1H3/t8-/m0/s1. The molecule has 0 saturated carbocycles. The van der Waals surface area contributed by atoms with Crippen molar-refractivity contribution in [3.05, 3.63) is 29.8 Å². The SMILES string of the molecule is CNC(O)(O)[C@@H](O)c1cccc(O)c1. The molecule has 1 aromatic rings. The van der Waals surface area contributed by atoms with E-state index in [9.17, 15) is 15.3 Å². The summed E-state index contributed by atoms with van der Waals surface area (Å²) in [5, 5.41) is 39.2. The third kappa shape index (κ3) is 2.21. The lowest BCUT2D eigenvalue weighted by molar-refractivity contribution is -0.244. The quantitative estimate of drug-likeness (QED) is 0.414. The van der Waals surface area contributed by atoms with Gasteiger partial charge in [-0.1, -0.05) is 12.1 Å². The van der Waals surface area contributed by atoms with Crippen LogP contribution in [0.1, 0.15) is 11.7 Å². The number of aliphatic hydroxyl groups is 3. The minimum Gasteiger partial charge on any atom is -0.508 e. The number of likely N-dealkylation sites (N-methyl/N-ethyl adjacent to an activating group) is 1. The van der Waals surface area contributed by atoms with Gasteiger partial charge in [0.2, 0.25) is 0 Å². The topological polar surface area (TPSA) is 93.0 Å². The van der Waals surface area contributed by atoms with E-state index in [0.29, 0.717) is 0 Å². The van der Waals surface area contributed by atoms with Crippen molar-refractivity contribution in [2.24, 2.45) is 0 Å². The Bertz CT molecular complexity index is 313. The van der Waals surface area contributed by atoms with Crippen LogP contribution < -0.4 is 5.32 Å². The van der Waals surface area contributed by atoms with Crippen LogP contribution in [-0.2, 0) is 0 Å². The molecule has 0 heterocycles. The van der Waals surface area contributed by atoms with Gasteiger partial charge in [0.1, 0.15) is 11.9 Å². The first kappa shape index (κ1) is 10.9. The van der Waals surface area contributed by atoms with Crippen molar-refractivity contribution < 1.29 is 20.4 Å². The molecule has 1 atom stereocenters. The highest BCUT2D eigenvalue weighted by Gasteiger charge is 2.32. The molecule has 1 rings (SSSR count). The van der Waals surface area contributed by atoms with E-state index in [1.54, 1.807) is 0 Å². The van der Waals surface area contributed by atoms with Crippen LogP contribution in [0.15, 0.2) is 24.3 Å². The number of phenols is 1. The van der Waals surface area contributed by atoms with Crippen LogP contribution in [0.4, 0.5) is 0 Å². The third-order valence-electron chi connectivity index (χ3n) is 1.94. The summed E-state index contributed by atoms with van der Waals surface area (Å²) < 4.78 is 0. The van der Waals surface area contributed by atoms with E-state index in [0.717, 1.165) is 0 Å². The molecular weight excluding hydrogens is 186 g/mol. The number of benzene rings is 1. The number of aliphatic hydroxyl groups excluding tert-OH is 1. The van der Waals surface area contributed by atoms with Gasteiger partial charge in [0, 0.05) is 0 Å². The number of phenolic OH excluding ortho intramolecular Hbond substituents is 1. The molecular formula is C9H13NO4. The maximum Gasteiger partial charge on any atom is 0.253 e. The number of hydrogen-bond donors (Lipinski definition) is 5. The van der Waals surface area contributed by atoms with Crippen LogP contribution in [0, 0.1) is 0 Å². The summed E-state index contributed by atoms with van der Waals surface area (Å²) in [6, 6.07) is 5.65. The lowest BCUT2D eigenvalue weighted by Gasteiger charge is -2.26. The molecule has 5 nitrogen and oxygen atoms in total. The van der Waals surface area contributed by atoms with Crippen molar-refractivity contribution in [1.29, 1.82) is 0 Å². The largest absolute Gasteiger partial charge is 0.508 e. The van der Waals surface area contributed by atoms with Gasteiger partial charge in [0.15, 0.2) is 0 Å². The van der Waals surface area contributed by atoms with Gasteiger partial charge in [-0.05, 0) is 24.7 Å². The van der Waals surface area contributed by atoms with Crippen molar-refractivity contribution in [3.63, 3.8) is 0 Å². The Balaban J connectivity index is 2.94.